The standard InChI is InChI=1S/C11H9Cl2NS/c12-6-10-7-14-11(15-10)5-8-1-3-9(13)4-2-8/h1-4,7H,5-6H2. The van der Waals surface area contributed by atoms with E-state index in [1.54, 1.807) is 11.3 Å². The van der Waals surface area contributed by atoms with E-state index in [-0.39, 0.29) is 0 Å². The summed E-state index contributed by atoms with van der Waals surface area (Å²) in [7, 11) is 0. The molecular formula is C11H9Cl2NS. The lowest BCUT2D eigenvalue weighted by molar-refractivity contribution is 1.13. The Hall–Kier alpha value is -0.570. The molecule has 0 N–H and O–H groups in total. The van der Waals surface area contributed by atoms with E-state index in [1.165, 1.54) is 5.56 Å². The van der Waals surface area contributed by atoms with Crippen LogP contribution in [0.15, 0.2) is 30.5 Å². The molecule has 0 aliphatic carbocycles. The van der Waals surface area contributed by atoms with Crippen LogP contribution in [0.3, 0.4) is 0 Å². The minimum atomic E-state index is 0.540. The number of hydrogen-bond acceptors (Lipinski definition) is 2. The van der Waals surface area contributed by atoms with Gasteiger partial charge in [0.15, 0.2) is 0 Å². The van der Waals surface area contributed by atoms with Crippen LogP contribution in [0.1, 0.15) is 15.4 Å². The number of alkyl halides is 1. The maximum absolute atomic E-state index is 5.81. The van der Waals surface area contributed by atoms with Gasteiger partial charge >= 0.3 is 0 Å². The third-order valence-electron chi connectivity index (χ3n) is 2.00. The molecule has 1 aromatic carbocycles. The Labute approximate surface area is 103 Å². The minimum Gasteiger partial charge on any atom is -0.249 e. The number of rotatable bonds is 3. The van der Waals surface area contributed by atoms with E-state index in [9.17, 15) is 0 Å². The summed E-state index contributed by atoms with van der Waals surface area (Å²) in [5.74, 6) is 0.540. The highest BCUT2D eigenvalue weighted by Crippen LogP contribution is 2.19. The Balaban J connectivity index is 2.11. The van der Waals surface area contributed by atoms with Gasteiger partial charge in [0, 0.05) is 22.5 Å². The van der Waals surface area contributed by atoms with Gasteiger partial charge in [-0.1, -0.05) is 23.7 Å². The molecule has 0 fully saturated rings. The molecule has 0 spiro atoms. The molecular weight excluding hydrogens is 249 g/mol. The quantitative estimate of drug-likeness (QED) is 0.754. The Bertz CT molecular complexity index is 436. The second-order valence-corrected chi connectivity index (χ2v) is 5.06. The van der Waals surface area contributed by atoms with Gasteiger partial charge in [-0.05, 0) is 17.7 Å². The van der Waals surface area contributed by atoms with Crippen LogP contribution in [0.4, 0.5) is 0 Å². The smallest absolute Gasteiger partial charge is 0.0971 e. The first-order valence-electron chi connectivity index (χ1n) is 4.52. The molecule has 2 aromatic rings. The number of benzene rings is 1. The fourth-order valence-corrected chi connectivity index (χ4v) is 2.43. The SMILES string of the molecule is ClCc1cnc(Cc2ccc(Cl)cc2)s1. The summed E-state index contributed by atoms with van der Waals surface area (Å²) in [6, 6.07) is 7.83. The predicted octanol–water partition coefficient (Wildman–Crippen LogP) is 4.13. The maximum Gasteiger partial charge on any atom is 0.0971 e. The van der Waals surface area contributed by atoms with E-state index in [0.717, 1.165) is 21.3 Å². The van der Waals surface area contributed by atoms with E-state index in [0.29, 0.717) is 5.88 Å². The van der Waals surface area contributed by atoms with Gasteiger partial charge in [0.2, 0.25) is 0 Å². The van der Waals surface area contributed by atoms with Gasteiger partial charge < -0.3 is 0 Å². The second-order valence-electron chi connectivity index (χ2n) is 3.16. The number of thiazole rings is 1. The molecule has 0 aliphatic rings. The zero-order valence-electron chi connectivity index (χ0n) is 7.91. The summed E-state index contributed by atoms with van der Waals surface area (Å²) in [5.41, 5.74) is 1.22. The summed E-state index contributed by atoms with van der Waals surface area (Å²) in [4.78, 5) is 5.42. The molecule has 0 amide bonds. The molecule has 0 bridgehead atoms. The lowest BCUT2D eigenvalue weighted by atomic mass is 10.2. The molecule has 0 saturated carbocycles. The number of nitrogens with zero attached hydrogens (tertiary/aromatic N) is 1. The van der Waals surface area contributed by atoms with Crippen LogP contribution < -0.4 is 0 Å². The Morgan fingerprint density at radius 1 is 1.20 bits per heavy atom. The third-order valence-corrected chi connectivity index (χ3v) is 3.70. The molecule has 0 unspecified atom stereocenters. The topological polar surface area (TPSA) is 12.9 Å². The molecule has 0 radical (unpaired) electrons. The molecule has 1 aromatic heterocycles. The number of hydrogen-bond donors (Lipinski definition) is 0. The monoisotopic (exact) mass is 257 g/mol. The average Bonchev–Trinajstić information content (AvgIpc) is 2.69. The molecule has 1 nitrogen and oxygen atoms in total. The molecule has 0 atom stereocenters. The Morgan fingerprint density at radius 2 is 1.93 bits per heavy atom. The summed E-state index contributed by atoms with van der Waals surface area (Å²) in [6.07, 6.45) is 2.68. The van der Waals surface area contributed by atoms with Gasteiger partial charge in [0.25, 0.3) is 0 Å². The van der Waals surface area contributed by atoms with Crippen LogP contribution in [0, 0.1) is 0 Å². The van der Waals surface area contributed by atoms with Crippen molar-refractivity contribution in [2.24, 2.45) is 0 Å². The summed E-state index contributed by atoms with van der Waals surface area (Å²) < 4.78 is 0. The fraction of sp³-hybridized carbons (Fsp3) is 0.182. The zero-order valence-corrected chi connectivity index (χ0v) is 10.2. The van der Waals surface area contributed by atoms with Crippen molar-refractivity contribution in [2.75, 3.05) is 0 Å². The van der Waals surface area contributed by atoms with Crippen molar-refractivity contribution in [1.29, 1.82) is 0 Å². The van der Waals surface area contributed by atoms with Crippen LogP contribution in [0.25, 0.3) is 0 Å². The first kappa shape index (κ1) is 10.9. The van der Waals surface area contributed by atoms with Crippen molar-refractivity contribution in [3.8, 4) is 0 Å². The van der Waals surface area contributed by atoms with E-state index >= 15 is 0 Å². The Kier molecular flexibility index (Phi) is 3.62. The van der Waals surface area contributed by atoms with Crippen molar-refractivity contribution in [2.45, 2.75) is 12.3 Å². The van der Waals surface area contributed by atoms with Crippen molar-refractivity contribution in [1.82, 2.24) is 4.98 Å². The van der Waals surface area contributed by atoms with E-state index in [4.69, 9.17) is 23.2 Å². The van der Waals surface area contributed by atoms with Gasteiger partial charge in [-0.3, -0.25) is 0 Å². The van der Waals surface area contributed by atoms with Crippen molar-refractivity contribution in [3.05, 3.63) is 50.9 Å². The summed E-state index contributed by atoms with van der Waals surface area (Å²) in [6.45, 7) is 0. The predicted molar refractivity (Wildman–Crippen MR) is 65.9 cm³/mol. The lowest BCUT2D eigenvalue weighted by Crippen LogP contribution is -1.85. The molecule has 15 heavy (non-hydrogen) atoms. The van der Waals surface area contributed by atoms with Crippen LogP contribution >= 0.6 is 34.5 Å². The van der Waals surface area contributed by atoms with Crippen molar-refractivity contribution in [3.63, 3.8) is 0 Å². The van der Waals surface area contributed by atoms with Crippen LogP contribution in [0.2, 0.25) is 5.02 Å². The van der Waals surface area contributed by atoms with Gasteiger partial charge in [0.05, 0.1) is 10.9 Å². The molecule has 1 heterocycles. The highest BCUT2D eigenvalue weighted by atomic mass is 35.5. The van der Waals surface area contributed by atoms with E-state index in [1.807, 2.05) is 30.5 Å². The molecule has 2 rings (SSSR count). The maximum atomic E-state index is 5.81. The van der Waals surface area contributed by atoms with Gasteiger partial charge in [0.1, 0.15) is 0 Å². The van der Waals surface area contributed by atoms with Gasteiger partial charge in [-0.15, -0.1) is 22.9 Å². The highest BCUT2D eigenvalue weighted by molar-refractivity contribution is 7.11. The summed E-state index contributed by atoms with van der Waals surface area (Å²) in [5, 5.41) is 1.85. The third kappa shape index (κ3) is 2.94. The Morgan fingerprint density at radius 3 is 2.53 bits per heavy atom. The molecule has 4 heteroatoms. The zero-order chi connectivity index (χ0) is 10.7. The summed E-state index contributed by atoms with van der Waals surface area (Å²) >= 11 is 13.2. The van der Waals surface area contributed by atoms with Crippen LogP contribution in [-0.4, -0.2) is 4.98 Å². The van der Waals surface area contributed by atoms with E-state index in [2.05, 4.69) is 4.98 Å². The number of halogens is 2. The van der Waals surface area contributed by atoms with E-state index < -0.39 is 0 Å². The van der Waals surface area contributed by atoms with Crippen LogP contribution in [-0.2, 0) is 12.3 Å². The lowest BCUT2D eigenvalue weighted by Gasteiger charge is -1.97. The first-order valence-corrected chi connectivity index (χ1v) is 6.25. The van der Waals surface area contributed by atoms with Crippen LogP contribution in [0.5, 0.6) is 0 Å². The van der Waals surface area contributed by atoms with Gasteiger partial charge in [-0.2, -0.15) is 0 Å². The normalized spacial score (nSPS) is 10.5. The molecule has 78 valence electrons. The first-order chi connectivity index (χ1) is 7.28. The van der Waals surface area contributed by atoms with Crippen molar-refractivity contribution >= 4 is 34.5 Å². The van der Waals surface area contributed by atoms with Gasteiger partial charge in [-0.25, -0.2) is 4.98 Å². The van der Waals surface area contributed by atoms with Crippen molar-refractivity contribution < 1.29 is 0 Å². The largest absolute Gasteiger partial charge is 0.249 e. The second kappa shape index (κ2) is 4.97. The highest BCUT2D eigenvalue weighted by Gasteiger charge is 2.02. The molecule has 0 aliphatic heterocycles. The minimum absolute atomic E-state index is 0.540. The number of aromatic nitrogens is 1. The fourth-order valence-electron chi connectivity index (χ4n) is 1.27. The molecule has 0 saturated heterocycles. The average molecular weight is 258 g/mol.